The Kier molecular flexibility index (Phi) is 7.67. The molecule has 158 valence electrons. The van der Waals surface area contributed by atoms with Crippen LogP contribution in [0.3, 0.4) is 0 Å². The highest BCUT2D eigenvalue weighted by Gasteiger charge is 2.18. The van der Waals surface area contributed by atoms with Crippen molar-refractivity contribution in [1.82, 2.24) is 4.90 Å². The van der Waals surface area contributed by atoms with Gasteiger partial charge in [-0.3, -0.25) is 9.69 Å². The number of nitrogens with zero attached hydrogens (tertiary/aromatic N) is 1. The Hall–Kier alpha value is -3.24. The summed E-state index contributed by atoms with van der Waals surface area (Å²) in [5.74, 6) is -4.82. The predicted molar refractivity (Wildman–Crippen MR) is 108 cm³/mol. The molecule has 30 heavy (non-hydrogen) atoms. The highest BCUT2D eigenvalue weighted by Crippen LogP contribution is 2.22. The van der Waals surface area contributed by atoms with Crippen LogP contribution in [-0.2, 0) is 17.9 Å². The molecule has 2 aromatic carbocycles. The van der Waals surface area contributed by atoms with Crippen LogP contribution in [0.1, 0.15) is 48.6 Å². The predicted octanol–water partition coefficient (Wildman–Crippen LogP) is 3.02. The Labute approximate surface area is 179 Å². The summed E-state index contributed by atoms with van der Waals surface area (Å²) in [6.45, 7) is 0.572. The molecular weight excluding hydrogens is 462 g/mol. The molecule has 10 heteroatoms. The molecular formula is C20H18BrNO8. The van der Waals surface area contributed by atoms with Gasteiger partial charge in [0.2, 0.25) is 0 Å². The summed E-state index contributed by atoms with van der Waals surface area (Å²) >= 11 is 3.32. The second-order valence-electron chi connectivity index (χ2n) is 6.46. The summed E-state index contributed by atoms with van der Waals surface area (Å²) in [6.07, 6.45) is -0.163. The number of hydrogen-bond donors (Lipinski definition) is 4. The minimum absolute atomic E-state index is 0.0954. The third-order valence-corrected chi connectivity index (χ3v) is 5.03. The van der Waals surface area contributed by atoms with Gasteiger partial charge in [-0.15, -0.1) is 0 Å². The Morgan fingerprint density at radius 3 is 2.00 bits per heavy atom. The smallest absolute Gasteiger partial charge is 0.336 e. The number of halogens is 1. The lowest BCUT2D eigenvalue weighted by Gasteiger charge is -2.23. The highest BCUT2D eigenvalue weighted by molar-refractivity contribution is 9.10. The molecule has 9 nitrogen and oxygen atoms in total. The number of carbonyl (C=O) groups is 4. The van der Waals surface area contributed by atoms with Crippen LogP contribution in [-0.4, -0.2) is 55.7 Å². The fourth-order valence-electron chi connectivity index (χ4n) is 2.83. The van der Waals surface area contributed by atoms with Gasteiger partial charge in [0.25, 0.3) is 0 Å². The lowest BCUT2D eigenvalue weighted by molar-refractivity contribution is -0.137. The number of rotatable bonds is 10. The van der Waals surface area contributed by atoms with Gasteiger partial charge in [-0.05, 0) is 35.4 Å². The Balaban J connectivity index is 2.30. The zero-order valence-electron chi connectivity index (χ0n) is 15.5. The van der Waals surface area contributed by atoms with E-state index in [1.165, 1.54) is 30.3 Å². The first-order chi connectivity index (χ1) is 14.1. The minimum atomic E-state index is -1.38. The van der Waals surface area contributed by atoms with E-state index in [2.05, 4.69) is 15.9 Å². The minimum Gasteiger partial charge on any atom is -0.481 e. The SMILES string of the molecule is O=C(O)CCN(Cc1ccc(C(=O)O)c(C(=O)O)c1)Cc1ccc(C(=O)O)cc1Br. The third-order valence-electron chi connectivity index (χ3n) is 4.29. The molecule has 0 aliphatic carbocycles. The number of hydrogen-bond acceptors (Lipinski definition) is 5. The summed E-state index contributed by atoms with van der Waals surface area (Å²) in [5.41, 5.74) is 0.616. The van der Waals surface area contributed by atoms with E-state index in [1.807, 2.05) is 0 Å². The molecule has 0 aliphatic rings. The normalized spacial score (nSPS) is 10.7. The van der Waals surface area contributed by atoms with Crippen molar-refractivity contribution in [2.45, 2.75) is 19.5 Å². The van der Waals surface area contributed by atoms with E-state index < -0.39 is 23.9 Å². The molecule has 0 saturated heterocycles. The first-order valence-electron chi connectivity index (χ1n) is 8.64. The first kappa shape index (κ1) is 23.0. The van der Waals surface area contributed by atoms with Crippen molar-refractivity contribution in [2.75, 3.05) is 6.54 Å². The summed E-state index contributed by atoms with van der Waals surface area (Å²) in [7, 11) is 0. The quantitative estimate of drug-likeness (QED) is 0.402. The summed E-state index contributed by atoms with van der Waals surface area (Å²) in [6, 6.07) is 8.42. The van der Waals surface area contributed by atoms with E-state index in [-0.39, 0.29) is 42.7 Å². The van der Waals surface area contributed by atoms with Crippen LogP contribution in [0.2, 0.25) is 0 Å². The third kappa shape index (κ3) is 6.13. The Morgan fingerprint density at radius 1 is 0.800 bits per heavy atom. The molecule has 0 radical (unpaired) electrons. The maximum absolute atomic E-state index is 11.4. The molecule has 0 atom stereocenters. The van der Waals surface area contributed by atoms with E-state index in [4.69, 9.17) is 15.3 Å². The van der Waals surface area contributed by atoms with Crippen molar-refractivity contribution >= 4 is 39.8 Å². The maximum Gasteiger partial charge on any atom is 0.336 e. The van der Waals surface area contributed by atoms with Gasteiger partial charge in [-0.2, -0.15) is 0 Å². The average Bonchev–Trinajstić information content (AvgIpc) is 2.67. The van der Waals surface area contributed by atoms with Crippen LogP contribution in [0.15, 0.2) is 40.9 Å². The van der Waals surface area contributed by atoms with Crippen molar-refractivity contribution in [3.05, 3.63) is 68.7 Å². The summed E-state index contributed by atoms with van der Waals surface area (Å²) in [5, 5.41) is 36.5. The summed E-state index contributed by atoms with van der Waals surface area (Å²) in [4.78, 5) is 46.4. The lowest BCUT2D eigenvalue weighted by Crippen LogP contribution is -2.26. The average molecular weight is 480 g/mol. The molecule has 2 aromatic rings. The molecule has 4 N–H and O–H groups in total. The second-order valence-corrected chi connectivity index (χ2v) is 7.31. The topological polar surface area (TPSA) is 152 Å². The van der Waals surface area contributed by atoms with Gasteiger partial charge < -0.3 is 20.4 Å². The van der Waals surface area contributed by atoms with Crippen LogP contribution in [0.5, 0.6) is 0 Å². The molecule has 0 amide bonds. The van der Waals surface area contributed by atoms with E-state index in [0.717, 1.165) is 0 Å². The van der Waals surface area contributed by atoms with Crippen molar-refractivity contribution in [3.63, 3.8) is 0 Å². The number of aliphatic carboxylic acids is 1. The van der Waals surface area contributed by atoms with Gasteiger partial charge in [-0.1, -0.05) is 28.1 Å². The molecule has 0 spiro atoms. The first-order valence-corrected chi connectivity index (χ1v) is 9.43. The molecule has 0 saturated carbocycles. The largest absolute Gasteiger partial charge is 0.481 e. The van der Waals surface area contributed by atoms with Crippen molar-refractivity contribution < 1.29 is 39.6 Å². The fraction of sp³-hybridized carbons (Fsp3) is 0.200. The molecule has 0 aromatic heterocycles. The Bertz CT molecular complexity index is 1000. The van der Waals surface area contributed by atoms with Gasteiger partial charge in [-0.25, -0.2) is 14.4 Å². The second kappa shape index (κ2) is 9.99. The number of benzene rings is 2. The molecule has 0 bridgehead atoms. The van der Waals surface area contributed by atoms with E-state index >= 15 is 0 Å². The molecule has 0 unspecified atom stereocenters. The maximum atomic E-state index is 11.4. The van der Waals surface area contributed by atoms with Crippen LogP contribution in [0.4, 0.5) is 0 Å². The van der Waals surface area contributed by atoms with Gasteiger partial charge in [0.15, 0.2) is 0 Å². The van der Waals surface area contributed by atoms with Gasteiger partial charge in [0.05, 0.1) is 23.1 Å². The molecule has 0 fully saturated rings. The van der Waals surface area contributed by atoms with Gasteiger partial charge in [0, 0.05) is 24.1 Å². The fourth-order valence-corrected chi connectivity index (χ4v) is 3.33. The number of carboxylic acid groups (broad SMARTS) is 4. The standard InChI is InChI=1S/C20H18BrNO8/c21-16-8-12(18(25)26)2-3-13(16)10-22(6-5-17(23)24)9-11-1-4-14(19(27)28)15(7-11)20(29)30/h1-4,7-8H,5-6,9-10H2,(H,23,24)(H,25,26)(H,27,28)(H,29,30). The van der Waals surface area contributed by atoms with Gasteiger partial charge in [0.1, 0.15) is 0 Å². The molecule has 0 aliphatic heterocycles. The molecule has 0 heterocycles. The number of aromatic carboxylic acids is 3. The van der Waals surface area contributed by atoms with Crippen molar-refractivity contribution in [3.8, 4) is 0 Å². The van der Waals surface area contributed by atoms with Crippen molar-refractivity contribution in [1.29, 1.82) is 0 Å². The van der Waals surface area contributed by atoms with Crippen LogP contribution in [0.25, 0.3) is 0 Å². The summed E-state index contributed by atoms with van der Waals surface area (Å²) < 4.78 is 0.537. The van der Waals surface area contributed by atoms with E-state index in [9.17, 15) is 24.3 Å². The number of carboxylic acids is 4. The molecule has 2 rings (SSSR count). The zero-order chi connectivity index (χ0) is 22.4. The Morgan fingerprint density at radius 2 is 1.47 bits per heavy atom. The van der Waals surface area contributed by atoms with E-state index in [0.29, 0.717) is 15.6 Å². The van der Waals surface area contributed by atoms with E-state index in [1.54, 1.807) is 11.0 Å². The van der Waals surface area contributed by atoms with Crippen LogP contribution < -0.4 is 0 Å². The zero-order valence-corrected chi connectivity index (χ0v) is 17.1. The monoisotopic (exact) mass is 479 g/mol. The van der Waals surface area contributed by atoms with Crippen LogP contribution >= 0.6 is 15.9 Å². The lowest BCUT2D eigenvalue weighted by atomic mass is 10.0. The highest BCUT2D eigenvalue weighted by atomic mass is 79.9. The van der Waals surface area contributed by atoms with Crippen molar-refractivity contribution in [2.24, 2.45) is 0 Å². The van der Waals surface area contributed by atoms with Crippen LogP contribution in [0, 0.1) is 0 Å². The van der Waals surface area contributed by atoms with Gasteiger partial charge >= 0.3 is 23.9 Å².